The number of ether oxygens (including phenoxy) is 2. The van der Waals surface area contributed by atoms with Crippen LogP contribution in [-0.4, -0.2) is 37.1 Å². The number of methoxy groups -OCH3 is 1. The molecular formula is C21H23ClN2O4. The molecule has 1 atom stereocenters. The van der Waals surface area contributed by atoms with Crippen molar-refractivity contribution in [1.29, 1.82) is 0 Å². The van der Waals surface area contributed by atoms with Crippen molar-refractivity contribution in [3.63, 3.8) is 0 Å². The van der Waals surface area contributed by atoms with E-state index in [1.165, 1.54) is 4.90 Å². The number of hydrogen-bond acceptors (Lipinski definition) is 4. The fourth-order valence-electron chi connectivity index (χ4n) is 3.29. The molecule has 1 fully saturated rings. The highest BCUT2D eigenvalue weighted by molar-refractivity contribution is 6.30. The normalized spacial score (nSPS) is 18.9. The molecule has 1 saturated heterocycles. The van der Waals surface area contributed by atoms with Crippen LogP contribution in [0.15, 0.2) is 48.5 Å². The van der Waals surface area contributed by atoms with Gasteiger partial charge in [-0.15, -0.1) is 0 Å². The first-order valence-corrected chi connectivity index (χ1v) is 9.55. The van der Waals surface area contributed by atoms with Gasteiger partial charge in [0.25, 0.3) is 5.91 Å². The first kappa shape index (κ1) is 20.0. The van der Waals surface area contributed by atoms with Gasteiger partial charge in [0.05, 0.1) is 13.7 Å². The smallest absolute Gasteiger partial charge is 0.325 e. The summed E-state index contributed by atoms with van der Waals surface area (Å²) in [4.78, 5) is 26.8. The molecule has 1 aliphatic heterocycles. The van der Waals surface area contributed by atoms with Crippen molar-refractivity contribution in [3.8, 4) is 11.5 Å². The molecule has 2 aromatic carbocycles. The second kappa shape index (κ2) is 8.52. The quantitative estimate of drug-likeness (QED) is 0.535. The van der Waals surface area contributed by atoms with Gasteiger partial charge in [-0.25, -0.2) is 4.79 Å². The summed E-state index contributed by atoms with van der Waals surface area (Å²) in [5, 5.41) is 3.52. The van der Waals surface area contributed by atoms with Crippen molar-refractivity contribution < 1.29 is 19.1 Å². The van der Waals surface area contributed by atoms with Gasteiger partial charge in [0.1, 0.15) is 17.0 Å². The monoisotopic (exact) mass is 402 g/mol. The first-order chi connectivity index (χ1) is 13.5. The molecule has 7 heteroatoms. The number of rotatable bonds is 8. The minimum Gasteiger partial charge on any atom is -0.497 e. The van der Waals surface area contributed by atoms with E-state index in [2.05, 4.69) is 5.32 Å². The van der Waals surface area contributed by atoms with E-state index in [1.807, 2.05) is 19.1 Å². The minimum atomic E-state index is -1.04. The van der Waals surface area contributed by atoms with Crippen molar-refractivity contribution in [2.24, 2.45) is 0 Å². The van der Waals surface area contributed by atoms with Crippen LogP contribution in [0.25, 0.3) is 0 Å². The van der Waals surface area contributed by atoms with E-state index in [1.54, 1.807) is 43.5 Å². The highest BCUT2D eigenvalue weighted by Crippen LogP contribution is 2.33. The summed E-state index contributed by atoms with van der Waals surface area (Å²) in [6.45, 7) is 2.56. The standard InChI is InChI=1S/C21H23ClN2O4/c1-3-21(15-5-9-17(27-2)10-6-15)19(25)24(20(26)23-21)13-4-14-28-18-11-7-16(22)8-12-18/h5-12H,3-4,13-14H2,1-2H3,(H,23,26). The molecule has 3 amide bonds. The molecule has 0 spiro atoms. The summed E-state index contributed by atoms with van der Waals surface area (Å²) >= 11 is 5.85. The maximum atomic E-state index is 13.1. The molecule has 148 valence electrons. The van der Waals surface area contributed by atoms with E-state index in [4.69, 9.17) is 21.1 Å². The maximum absolute atomic E-state index is 13.1. The van der Waals surface area contributed by atoms with Crippen LogP contribution < -0.4 is 14.8 Å². The van der Waals surface area contributed by atoms with Gasteiger partial charge in [0.15, 0.2) is 0 Å². The highest BCUT2D eigenvalue weighted by Gasteiger charge is 2.50. The number of halogens is 1. The lowest BCUT2D eigenvalue weighted by Crippen LogP contribution is -2.43. The maximum Gasteiger partial charge on any atom is 0.325 e. The number of carbonyl (C=O) groups excluding carboxylic acids is 2. The zero-order chi connectivity index (χ0) is 20.1. The lowest BCUT2D eigenvalue weighted by molar-refractivity contribution is -0.131. The van der Waals surface area contributed by atoms with Gasteiger partial charge in [-0.2, -0.15) is 0 Å². The second-order valence-corrected chi connectivity index (χ2v) is 6.97. The molecular weight excluding hydrogens is 380 g/mol. The number of urea groups is 1. The fraction of sp³-hybridized carbons (Fsp3) is 0.333. The lowest BCUT2D eigenvalue weighted by atomic mass is 9.87. The number of nitrogens with one attached hydrogen (secondary N) is 1. The average Bonchev–Trinajstić information content (AvgIpc) is 2.97. The number of nitrogens with zero attached hydrogens (tertiary/aromatic N) is 1. The summed E-state index contributed by atoms with van der Waals surface area (Å²) in [7, 11) is 1.58. The lowest BCUT2D eigenvalue weighted by Gasteiger charge is -2.26. The van der Waals surface area contributed by atoms with E-state index >= 15 is 0 Å². The van der Waals surface area contributed by atoms with Gasteiger partial charge >= 0.3 is 6.03 Å². The molecule has 2 aromatic rings. The molecule has 0 aromatic heterocycles. The Labute approximate surface area is 169 Å². The van der Waals surface area contributed by atoms with E-state index in [0.717, 1.165) is 5.56 Å². The van der Waals surface area contributed by atoms with Crippen molar-refractivity contribution in [3.05, 3.63) is 59.1 Å². The van der Waals surface area contributed by atoms with Crippen LogP contribution in [0.5, 0.6) is 11.5 Å². The molecule has 0 aliphatic carbocycles. The third kappa shape index (κ3) is 3.92. The number of imide groups is 1. The Morgan fingerprint density at radius 2 is 1.68 bits per heavy atom. The Hall–Kier alpha value is -2.73. The molecule has 1 aliphatic rings. The number of carbonyl (C=O) groups is 2. The Morgan fingerprint density at radius 1 is 1.04 bits per heavy atom. The summed E-state index contributed by atoms with van der Waals surface area (Å²) < 4.78 is 10.8. The summed E-state index contributed by atoms with van der Waals surface area (Å²) in [6, 6.07) is 13.9. The third-order valence-electron chi connectivity index (χ3n) is 4.90. The van der Waals surface area contributed by atoms with Crippen LogP contribution >= 0.6 is 11.6 Å². The van der Waals surface area contributed by atoms with Crippen molar-refractivity contribution in [2.45, 2.75) is 25.3 Å². The van der Waals surface area contributed by atoms with Gasteiger partial charge in [-0.3, -0.25) is 9.69 Å². The third-order valence-corrected chi connectivity index (χ3v) is 5.15. The molecule has 0 bridgehead atoms. The average molecular weight is 403 g/mol. The first-order valence-electron chi connectivity index (χ1n) is 9.17. The Balaban J connectivity index is 1.63. The van der Waals surface area contributed by atoms with Gasteiger partial charge < -0.3 is 14.8 Å². The van der Waals surface area contributed by atoms with Crippen LogP contribution in [0.4, 0.5) is 4.79 Å². The minimum absolute atomic E-state index is 0.239. The molecule has 1 unspecified atom stereocenters. The van der Waals surface area contributed by atoms with Crippen LogP contribution in [0.1, 0.15) is 25.3 Å². The molecule has 1 heterocycles. The summed E-state index contributed by atoms with van der Waals surface area (Å²) in [6.07, 6.45) is 0.992. The van der Waals surface area contributed by atoms with Crippen molar-refractivity contribution in [2.75, 3.05) is 20.3 Å². The summed E-state index contributed by atoms with van der Waals surface area (Å²) in [5.41, 5.74) is -0.297. The molecule has 6 nitrogen and oxygen atoms in total. The highest BCUT2D eigenvalue weighted by atomic mass is 35.5. The van der Waals surface area contributed by atoms with E-state index in [0.29, 0.717) is 36.0 Å². The molecule has 3 rings (SSSR count). The molecule has 28 heavy (non-hydrogen) atoms. The van der Waals surface area contributed by atoms with Gasteiger partial charge in [0.2, 0.25) is 0 Å². The summed E-state index contributed by atoms with van der Waals surface area (Å²) in [5.74, 6) is 1.15. The predicted molar refractivity (Wildman–Crippen MR) is 107 cm³/mol. The zero-order valence-corrected chi connectivity index (χ0v) is 16.7. The zero-order valence-electron chi connectivity index (χ0n) is 15.9. The van der Waals surface area contributed by atoms with E-state index in [-0.39, 0.29) is 18.5 Å². The van der Waals surface area contributed by atoms with E-state index < -0.39 is 5.54 Å². The molecule has 1 N–H and O–H groups in total. The van der Waals surface area contributed by atoms with Crippen LogP contribution in [0.2, 0.25) is 5.02 Å². The topological polar surface area (TPSA) is 67.9 Å². The Kier molecular flexibility index (Phi) is 6.09. The van der Waals surface area contributed by atoms with Crippen molar-refractivity contribution in [1.82, 2.24) is 10.2 Å². The molecule has 0 saturated carbocycles. The number of benzene rings is 2. The molecule has 0 radical (unpaired) electrons. The van der Waals surface area contributed by atoms with Crippen LogP contribution in [0.3, 0.4) is 0 Å². The van der Waals surface area contributed by atoms with Crippen molar-refractivity contribution >= 4 is 23.5 Å². The Morgan fingerprint density at radius 3 is 2.29 bits per heavy atom. The fourth-order valence-corrected chi connectivity index (χ4v) is 3.41. The van der Waals surface area contributed by atoms with Gasteiger partial charge in [-0.05, 0) is 54.8 Å². The Bertz CT molecular complexity index is 838. The van der Waals surface area contributed by atoms with Crippen LogP contribution in [0, 0.1) is 0 Å². The largest absolute Gasteiger partial charge is 0.497 e. The predicted octanol–water partition coefficient (Wildman–Crippen LogP) is 3.97. The van der Waals surface area contributed by atoms with E-state index in [9.17, 15) is 9.59 Å². The van der Waals surface area contributed by atoms with Gasteiger partial charge in [0, 0.05) is 11.6 Å². The van der Waals surface area contributed by atoms with Gasteiger partial charge in [-0.1, -0.05) is 30.7 Å². The second-order valence-electron chi connectivity index (χ2n) is 6.53. The number of hydrogen-bond donors (Lipinski definition) is 1. The number of amides is 3. The van der Waals surface area contributed by atoms with Crippen LogP contribution in [-0.2, 0) is 10.3 Å². The SMILES string of the molecule is CCC1(c2ccc(OC)cc2)NC(=O)N(CCCOc2ccc(Cl)cc2)C1=O.